The molecule has 0 saturated carbocycles. The fourth-order valence-corrected chi connectivity index (χ4v) is 11.9. The van der Waals surface area contributed by atoms with Crippen LogP contribution in [0.25, 0.3) is 0 Å². The van der Waals surface area contributed by atoms with Crippen molar-refractivity contribution >= 4 is 53.1 Å². The van der Waals surface area contributed by atoms with E-state index in [2.05, 4.69) is 57.7 Å². The summed E-state index contributed by atoms with van der Waals surface area (Å²) in [6.07, 6.45) is 2.82. The highest BCUT2D eigenvalue weighted by molar-refractivity contribution is 8.00. The lowest BCUT2D eigenvalue weighted by Crippen LogP contribution is -2.62. The van der Waals surface area contributed by atoms with Gasteiger partial charge in [0.15, 0.2) is 0 Å². The van der Waals surface area contributed by atoms with Crippen LogP contribution < -0.4 is 21.3 Å². The molecule has 7 rings (SSSR count). The number of ether oxygens (including phenoxy) is 1. The summed E-state index contributed by atoms with van der Waals surface area (Å²) >= 11 is 3.26. The van der Waals surface area contributed by atoms with Crippen molar-refractivity contribution in [2.24, 2.45) is 5.92 Å². The maximum absolute atomic E-state index is 14.5. The van der Waals surface area contributed by atoms with Crippen molar-refractivity contribution in [3.63, 3.8) is 0 Å². The quantitative estimate of drug-likeness (QED) is 0.0345. The monoisotopic (exact) mass is 986 g/mol. The van der Waals surface area contributed by atoms with E-state index in [-0.39, 0.29) is 12.2 Å². The fourth-order valence-electron chi connectivity index (χ4n) is 8.85. The van der Waals surface area contributed by atoms with Crippen LogP contribution in [0, 0.1) is 5.92 Å². The van der Waals surface area contributed by atoms with Crippen LogP contribution in [0.15, 0.2) is 194 Å². The van der Waals surface area contributed by atoms with Crippen molar-refractivity contribution in [2.45, 2.75) is 73.8 Å². The summed E-state index contributed by atoms with van der Waals surface area (Å²) < 4.78 is 4.46. The molecule has 71 heavy (non-hydrogen) atoms. The lowest BCUT2D eigenvalue weighted by Gasteiger charge is -2.37. The zero-order chi connectivity index (χ0) is 50.3. The number of cyclic esters (lactones) is 1. The summed E-state index contributed by atoms with van der Waals surface area (Å²) in [5.74, 6) is -2.81. The number of carbonyl (C=O) groups excluding carboxylic acids is 5. The standard InChI is InChI=1S/C59H62N4O6S2/c1-42(2)53-55(67)60-40-52(65)69-49(37-23-24-38-70-58(43-25-11-5-12-26-43,44-27-13-6-14-28-44)45-29-15-7-16-30-45)39-51(64)63-57(3,4)56(68)61-50(54(66)62-53)41-71-59(46-31-17-8-18-32-46,47-33-19-9-20-34-47)48-35-21-10-22-36-48/h5-23,25-37,42,49-50,53H,24,38-41H2,1-4H3,(H,60,67)(H,61,68)(H,62,66)(H,63,64)/b37-23+/t49-,50+,53+/m0/s1. The van der Waals surface area contributed by atoms with Gasteiger partial charge in [0, 0.05) is 5.75 Å². The number of esters is 1. The topological polar surface area (TPSA) is 143 Å². The second-order valence-electron chi connectivity index (χ2n) is 18.3. The predicted molar refractivity (Wildman–Crippen MR) is 286 cm³/mol. The number of benzene rings is 6. The molecule has 6 aromatic rings. The molecule has 10 nitrogen and oxygen atoms in total. The molecule has 366 valence electrons. The highest BCUT2D eigenvalue weighted by Gasteiger charge is 2.41. The highest BCUT2D eigenvalue weighted by atomic mass is 32.2. The Balaban J connectivity index is 1.14. The van der Waals surface area contributed by atoms with Crippen molar-refractivity contribution in [1.29, 1.82) is 0 Å². The van der Waals surface area contributed by atoms with Gasteiger partial charge < -0.3 is 26.0 Å². The van der Waals surface area contributed by atoms with Crippen LogP contribution in [0.5, 0.6) is 0 Å². The summed E-state index contributed by atoms with van der Waals surface area (Å²) in [5, 5.41) is 11.3. The molecule has 6 aromatic carbocycles. The Labute approximate surface area is 426 Å². The summed E-state index contributed by atoms with van der Waals surface area (Å²) in [4.78, 5) is 70.2. The molecule has 12 heteroatoms. The summed E-state index contributed by atoms with van der Waals surface area (Å²) in [5.41, 5.74) is 4.76. The smallest absolute Gasteiger partial charge is 0.326 e. The Morgan fingerprint density at radius 3 is 1.41 bits per heavy atom. The first-order chi connectivity index (χ1) is 34.3. The van der Waals surface area contributed by atoms with E-state index >= 15 is 0 Å². The Kier molecular flexibility index (Phi) is 17.8. The van der Waals surface area contributed by atoms with Crippen LogP contribution in [0.2, 0.25) is 0 Å². The van der Waals surface area contributed by atoms with E-state index in [1.165, 1.54) is 11.8 Å². The van der Waals surface area contributed by atoms with Crippen molar-refractivity contribution in [3.8, 4) is 0 Å². The van der Waals surface area contributed by atoms with Crippen LogP contribution in [-0.4, -0.2) is 71.4 Å². The molecule has 0 aliphatic carbocycles. The van der Waals surface area contributed by atoms with Crippen molar-refractivity contribution < 1.29 is 28.7 Å². The minimum absolute atomic E-state index is 0.0629. The maximum Gasteiger partial charge on any atom is 0.326 e. The van der Waals surface area contributed by atoms with Crippen molar-refractivity contribution in [2.75, 3.05) is 18.1 Å². The second-order valence-corrected chi connectivity index (χ2v) is 20.9. The van der Waals surface area contributed by atoms with E-state index in [1.54, 1.807) is 45.5 Å². The number of allylic oxidation sites excluding steroid dienone is 1. The predicted octanol–water partition coefficient (Wildman–Crippen LogP) is 9.34. The fraction of sp³-hybridized carbons (Fsp3) is 0.271. The normalized spacial score (nSPS) is 18.5. The second kappa shape index (κ2) is 24.3. The molecule has 1 aliphatic rings. The highest BCUT2D eigenvalue weighted by Crippen LogP contribution is 2.50. The van der Waals surface area contributed by atoms with Gasteiger partial charge in [0.2, 0.25) is 23.6 Å². The van der Waals surface area contributed by atoms with Crippen molar-refractivity contribution in [3.05, 3.63) is 228 Å². The molecule has 0 aromatic heterocycles. The molecule has 0 spiro atoms. The average Bonchev–Trinajstić information content (AvgIpc) is 3.39. The van der Waals surface area contributed by atoms with Gasteiger partial charge in [-0.2, -0.15) is 0 Å². The third kappa shape index (κ3) is 12.7. The van der Waals surface area contributed by atoms with Crippen LogP contribution in [0.1, 0.15) is 73.9 Å². The van der Waals surface area contributed by atoms with Crippen LogP contribution in [-0.2, 0) is 38.2 Å². The largest absolute Gasteiger partial charge is 0.456 e. The average molecular weight is 987 g/mol. The van der Waals surface area contributed by atoms with Gasteiger partial charge in [-0.05, 0) is 71.4 Å². The third-order valence-corrected chi connectivity index (χ3v) is 15.7. The van der Waals surface area contributed by atoms with Gasteiger partial charge >= 0.3 is 5.97 Å². The third-order valence-electron chi connectivity index (χ3n) is 12.5. The van der Waals surface area contributed by atoms with E-state index in [0.29, 0.717) is 12.2 Å². The molecule has 3 atom stereocenters. The number of rotatable bonds is 15. The zero-order valence-corrected chi connectivity index (χ0v) is 42.2. The van der Waals surface area contributed by atoms with Crippen LogP contribution in [0.4, 0.5) is 0 Å². The number of hydrogen-bond donors (Lipinski definition) is 4. The van der Waals surface area contributed by atoms with E-state index in [4.69, 9.17) is 4.74 Å². The van der Waals surface area contributed by atoms with Gasteiger partial charge in [-0.3, -0.25) is 24.0 Å². The molecule has 0 unspecified atom stereocenters. The minimum atomic E-state index is -1.52. The van der Waals surface area contributed by atoms with E-state index < -0.39 is 75.3 Å². The van der Waals surface area contributed by atoms with Crippen LogP contribution in [0.3, 0.4) is 0 Å². The molecule has 0 bridgehead atoms. The Bertz CT molecular complexity index is 2530. The number of thioether (sulfide) groups is 2. The molecule has 1 saturated heterocycles. The van der Waals surface area contributed by atoms with Gasteiger partial charge in [0.1, 0.15) is 30.3 Å². The summed E-state index contributed by atoms with van der Waals surface area (Å²) in [7, 11) is 0. The Hall–Kier alpha value is -6.89. The Morgan fingerprint density at radius 1 is 0.592 bits per heavy atom. The molecule has 4 amide bonds. The summed E-state index contributed by atoms with van der Waals surface area (Å²) in [6, 6.07) is 58.9. The van der Waals surface area contributed by atoms with Gasteiger partial charge in [-0.1, -0.05) is 202 Å². The van der Waals surface area contributed by atoms with Gasteiger partial charge in [0.25, 0.3) is 0 Å². The first-order valence-electron chi connectivity index (χ1n) is 24.0. The number of carbonyl (C=O) groups is 5. The van der Waals surface area contributed by atoms with Gasteiger partial charge in [-0.25, -0.2) is 0 Å². The SMILES string of the molecule is CC(C)[C@H]1NC(=O)[C@@H](CSC(c2ccccc2)(c2ccccc2)c2ccccc2)NC(=O)C(C)(C)NC(=O)C[C@H](/C=C/CCSC(c2ccccc2)(c2ccccc2)c2ccccc2)OC(=O)CNC1=O. The lowest BCUT2D eigenvalue weighted by atomic mass is 9.84. The zero-order valence-electron chi connectivity index (χ0n) is 40.6. The number of hydrogen-bond acceptors (Lipinski definition) is 8. The van der Waals surface area contributed by atoms with Crippen molar-refractivity contribution in [1.82, 2.24) is 21.3 Å². The molecular weight excluding hydrogens is 925 g/mol. The molecule has 4 N–H and O–H groups in total. The van der Waals surface area contributed by atoms with Gasteiger partial charge in [-0.15, -0.1) is 23.5 Å². The molecule has 1 aliphatic heterocycles. The van der Waals surface area contributed by atoms with Gasteiger partial charge in [0.05, 0.1) is 15.9 Å². The molecular formula is C59H62N4O6S2. The molecule has 0 radical (unpaired) electrons. The van der Waals surface area contributed by atoms with E-state index in [1.807, 2.05) is 152 Å². The van der Waals surface area contributed by atoms with E-state index in [9.17, 15) is 24.0 Å². The van der Waals surface area contributed by atoms with Crippen LogP contribution >= 0.6 is 23.5 Å². The maximum atomic E-state index is 14.5. The first-order valence-corrected chi connectivity index (χ1v) is 26.0. The first kappa shape index (κ1) is 51.9. The Morgan fingerprint density at radius 2 is 1.00 bits per heavy atom. The minimum Gasteiger partial charge on any atom is -0.456 e. The molecule has 1 heterocycles. The summed E-state index contributed by atoms with van der Waals surface area (Å²) in [6.45, 7) is 6.20. The molecule has 1 fully saturated rings. The number of nitrogens with one attached hydrogen (secondary N) is 4. The lowest BCUT2D eigenvalue weighted by molar-refractivity contribution is -0.149. The number of amides is 4. The van der Waals surface area contributed by atoms with E-state index in [0.717, 1.165) is 33.4 Å².